The molecule has 0 bridgehead atoms. The van der Waals surface area contributed by atoms with Gasteiger partial charge in [-0.25, -0.2) is 4.79 Å². The summed E-state index contributed by atoms with van der Waals surface area (Å²) in [4.78, 5) is 11.3. The number of benzene rings is 1. The summed E-state index contributed by atoms with van der Waals surface area (Å²) in [6.45, 7) is 4.36. The van der Waals surface area contributed by atoms with E-state index >= 15 is 0 Å². The molecule has 0 aliphatic heterocycles. The highest BCUT2D eigenvalue weighted by molar-refractivity contribution is 5.73. The van der Waals surface area contributed by atoms with Crippen LogP contribution in [0.2, 0.25) is 0 Å². The van der Waals surface area contributed by atoms with Crippen LogP contribution in [-0.4, -0.2) is 38.0 Å². The monoisotopic (exact) mass is 282 g/mol. The molecule has 5 heteroatoms. The maximum Gasteiger partial charge on any atom is 0.333 e. The number of methoxy groups -OCH3 is 2. The van der Waals surface area contributed by atoms with Gasteiger partial charge in [-0.15, -0.1) is 0 Å². The SMILES string of the molecule is COc1ccc(OC)c(C[C@H](OCC(C)C)C(=O)O)c1. The Morgan fingerprint density at radius 1 is 1.25 bits per heavy atom. The topological polar surface area (TPSA) is 65.0 Å². The summed E-state index contributed by atoms with van der Waals surface area (Å²) >= 11 is 0. The standard InChI is InChI=1S/C15H22O5/c1-10(2)9-20-14(15(16)17)8-11-7-12(18-3)5-6-13(11)19-4/h5-7,10,14H,8-9H2,1-4H3,(H,16,17)/t14-/m0/s1. The van der Waals surface area contributed by atoms with Crippen LogP contribution in [0.5, 0.6) is 11.5 Å². The number of rotatable bonds is 8. The van der Waals surface area contributed by atoms with E-state index < -0.39 is 12.1 Å². The van der Waals surface area contributed by atoms with Crippen LogP contribution in [0.15, 0.2) is 18.2 Å². The van der Waals surface area contributed by atoms with Crippen LogP contribution in [0.1, 0.15) is 19.4 Å². The fourth-order valence-electron chi connectivity index (χ4n) is 1.77. The minimum Gasteiger partial charge on any atom is -0.497 e. The van der Waals surface area contributed by atoms with E-state index in [2.05, 4.69) is 0 Å². The smallest absolute Gasteiger partial charge is 0.333 e. The Bertz CT molecular complexity index is 442. The van der Waals surface area contributed by atoms with Crippen LogP contribution in [-0.2, 0) is 16.0 Å². The highest BCUT2D eigenvalue weighted by atomic mass is 16.5. The number of hydrogen-bond acceptors (Lipinski definition) is 4. The van der Waals surface area contributed by atoms with Crippen molar-refractivity contribution in [3.05, 3.63) is 23.8 Å². The molecule has 1 aromatic carbocycles. The van der Waals surface area contributed by atoms with E-state index in [4.69, 9.17) is 14.2 Å². The van der Waals surface area contributed by atoms with Crippen molar-refractivity contribution in [3.8, 4) is 11.5 Å². The molecule has 0 saturated carbocycles. The van der Waals surface area contributed by atoms with Crippen molar-refractivity contribution < 1.29 is 24.1 Å². The van der Waals surface area contributed by atoms with Gasteiger partial charge in [-0.3, -0.25) is 0 Å². The van der Waals surface area contributed by atoms with Gasteiger partial charge in [0.15, 0.2) is 6.10 Å². The Morgan fingerprint density at radius 3 is 2.45 bits per heavy atom. The van der Waals surface area contributed by atoms with E-state index in [1.54, 1.807) is 32.4 Å². The minimum atomic E-state index is -0.976. The molecule has 1 N–H and O–H groups in total. The molecule has 0 aromatic heterocycles. The predicted octanol–water partition coefficient (Wildman–Crippen LogP) is 2.37. The molecule has 112 valence electrons. The van der Waals surface area contributed by atoms with Crippen LogP contribution >= 0.6 is 0 Å². The molecule has 0 unspecified atom stereocenters. The van der Waals surface area contributed by atoms with Crippen molar-refractivity contribution in [1.82, 2.24) is 0 Å². The summed E-state index contributed by atoms with van der Waals surface area (Å²) in [5, 5.41) is 9.24. The molecule has 1 atom stereocenters. The molecule has 0 spiro atoms. The minimum absolute atomic E-state index is 0.239. The van der Waals surface area contributed by atoms with Gasteiger partial charge in [0.1, 0.15) is 11.5 Å². The number of ether oxygens (including phenoxy) is 3. The number of carboxylic acids is 1. The highest BCUT2D eigenvalue weighted by Gasteiger charge is 2.21. The summed E-state index contributed by atoms with van der Waals surface area (Å²) in [7, 11) is 3.12. The van der Waals surface area contributed by atoms with Gasteiger partial charge in [-0.05, 0) is 24.1 Å². The number of aliphatic carboxylic acids is 1. The summed E-state index contributed by atoms with van der Waals surface area (Å²) in [6, 6.07) is 5.30. The first-order valence-electron chi connectivity index (χ1n) is 6.53. The van der Waals surface area contributed by atoms with E-state index in [0.29, 0.717) is 18.1 Å². The fourth-order valence-corrected chi connectivity index (χ4v) is 1.77. The van der Waals surface area contributed by atoms with Gasteiger partial charge in [-0.2, -0.15) is 0 Å². The summed E-state index contributed by atoms with van der Waals surface area (Å²) in [5.41, 5.74) is 0.753. The predicted molar refractivity (Wildman–Crippen MR) is 75.5 cm³/mol. The van der Waals surface area contributed by atoms with E-state index in [9.17, 15) is 9.90 Å². The molecule has 0 amide bonds. The third-order valence-corrected chi connectivity index (χ3v) is 2.80. The zero-order valence-electron chi connectivity index (χ0n) is 12.4. The molecule has 20 heavy (non-hydrogen) atoms. The lowest BCUT2D eigenvalue weighted by Gasteiger charge is -2.17. The Morgan fingerprint density at radius 2 is 1.95 bits per heavy atom. The van der Waals surface area contributed by atoms with Crippen LogP contribution < -0.4 is 9.47 Å². The molecule has 1 aromatic rings. The maximum atomic E-state index is 11.3. The average Bonchev–Trinajstić information content (AvgIpc) is 2.42. The molecule has 0 saturated heterocycles. The van der Waals surface area contributed by atoms with Gasteiger partial charge in [0.2, 0.25) is 0 Å². The van der Waals surface area contributed by atoms with Crippen molar-refractivity contribution in [2.24, 2.45) is 5.92 Å². The first-order valence-corrected chi connectivity index (χ1v) is 6.53. The second kappa shape index (κ2) is 7.75. The molecular formula is C15H22O5. The lowest BCUT2D eigenvalue weighted by atomic mass is 10.1. The lowest BCUT2D eigenvalue weighted by Crippen LogP contribution is -2.28. The maximum absolute atomic E-state index is 11.3. The molecule has 0 fully saturated rings. The van der Waals surface area contributed by atoms with Gasteiger partial charge in [-0.1, -0.05) is 13.8 Å². The Hall–Kier alpha value is -1.75. The van der Waals surface area contributed by atoms with Gasteiger partial charge in [0.05, 0.1) is 20.8 Å². The normalized spacial score (nSPS) is 12.2. The van der Waals surface area contributed by atoms with E-state index in [0.717, 1.165) is 5.56 Å². The molecule has 0 aliphatic rings. The first kappa shape index (κ1) is 16.3. The molecular weight excluding hydrogens is 260 g/mol. The summed E-state index contributed by atoms with van der Waals surface area (Å²) in [5.74, 6) is 0.596. The Balaban J connectivity index is 2.88. The van der Waals surface area contributed by atoms with Crippen molar-refractivity contribution in [2.45, 2.75) is 26.4 Å². The third kappa shape index (κ3) is 4.74. The van der Waals surface area contributed by atoms with Crippen molar-refractivity contribution in [2.75, 3.05) is 20.8 Å². The second-order valence-electron chi connectivity index (χ2n) is 4.94. The zero-order chi connectivity index (χ0) is 15.1. The molecule has 0 radical (unpaired) electrons. The van der Waals surface area contributed by atoms with Crippen molar-refractivity contribution >= 4 is 5.97 Å². The average molecular weight is 282 g/mol. The third-order valence-electron chi connectivity index (χ3n) is 2.80. The summed E-state index contributed by atoms with van der Waals surface area (Å²) in [6.07, 6.45) is -0.652. The van der Waals surface area contributed by atoms with Crippen LogP contribution in [0.25, 0.3) is 0 Å². The number of hydrogen-bond donors (Lipinski definition) is 1. The Kier molecular flexibility index (Phi) is 6.31. The number of carboxylic acid groups (broad SMARTS) is 1. The van der Waals surface area contributed by atoms with Crippen molar-refractivity contribution in [1.29, 1.82) is 0 Å². The first-order chi connectivity index (χ1) is 9.47. The largest absolute Gasteiger partial charge is 0.497 e. The molecule has 1 rings (SSSR count). The van der Waals surface area contributed by atoms with E-state index in [-0.39, 0.29) is 12.3 Å². The second-order valence-corrected chi connectivity index (χ2v) is 4.94. The van der Waals surface area contributed by atoms with Gasteiger partial charge in [0.25, 0.3) is 0 Å². The van der Waals surface area contributed by atoms with Gasteiger partial charge in [0, 0.05) is 12.0 Å². The van der Waals surface area contributed by atoms with Gasteiger partial charge >= 0.3 is 5.97 Å². The van der Waals surface area contributed by atoms with Crippen LogP contribution in [0, 0.1) is 5.92 Å². The van der Waals surface area contributed by atoms with Crippen molar-refractivity contribution in [3.63, 3.8) is 0 Å². The fraction of sp³-hybridized carbons (Fsp3) is 0.533. The number of carbonyl (C=O) groups is 1. The van der Waals surface area contributed by atoms with Crippen LogP contribution in [0.4, 0.5) is 0 Å². The molecule has 0 heterocycles. The lowest BCUT2D eigenvalue weighted by molar-refractivity contribution is -0.150. The van der Waals surface area contributed by atoms with E-state index in [1.165, 1.54) is 0 Å². The Labute approximate surface area is 119 Å². The summed E-state index contributed by atoms with van der Waals surface area (Å²) < 4.78 is 15.8. The molecule has 0 aliphatic carbocycles. The van der Waals surface area contributed by atoms with Gasteiger partial charge < -0.3 is 19.3 Å². The zero-order valence-corrected chi connectivity index (χ0v) is 12.4. The quantitative estimate of drug-likeness (QED) is 0.793. The van der Waals surface area contributed by atoms with E-state index in [1.807, 2.05) is 13.8 Å². The van der Waals surface area contributed by atoms with Crippen LogP contribution in [0.3, 0.4) is 0 Å². The highest BCUT2D eigenvalue weighted by Crippen LogP contribution is 2.25. The molecule has 5 nitrogen and oxygen atoms in total.